The monoisotopic (exact) mass is 263 g/mol. The summed E-state index contributed by atoms with van der Waals surface area (Å²) in [5.74, 6) is 0. The molecule has 0 bridgehead atoms. The minimum Gasteiger partial charge on any atom is -0.256 e. The first-order chi connectivity index (χ1) is 8.16. The summed E-state index contributed by atoms with van der Waals surface area (Å²) in [6.07, 6.45) is 1.78. The van der Waals surface area contributed by atoms with E-state index in [0.29, 0.717) is 10.0 Å². The molecule has 0 aliphatic carbocycles. The predicted molar refractivity (Wildman–Crippen MR) is 74.9 cm³/mol. The molecule has 0 fully saturated rings. The predicted octanol–water partition coefficient (Wildman–Crippen LogP) is 5.05. The molecule has 2 rings (SSSR count). The van der Waals surface area contributed by atoms with E-state index in [0.717, 1.165) is 16.8 Å². The zero-order valence-electron chi connectivity index (χ0n) is 9.32. The SMILES string of the molecule is Cc1ccccc1N=Cc1ccc(Cl)c(Cl)c1. The van der Waals surface area contributed by atoms with Crippen LogP contribution in [0.3, 0.4) is 0 Å². The molecule has 17 heavy (non-hydrogen) atoms. The van der Waals surface area contributed by atoms with E-state index in [-0.39, 0.29) is 0 Å². The van der Waals surface area contributed by atoms with Gasteiger partial charge in [-0.2, -0.15) is 0 Å². The van der Waals surface area contributed by atoms with Crippen molar-refractivity contribution in [1.29, 1.82) is 0 Å². The third-order valence-corrected chi connectivity index (χ3v) is 3.15. The molecular formula is C14H11Cl2N. The van der Waals surface area contributed by atoms with Gasteiger partial charge in [0.25, 0.3) is 0 Å². The molecule has 0 radical (unpaired) electrons. The standard InChI is InChI=1S/C14H11Cl2N/c1-10-4-2-3-5-14(10)17-9-11-6-7-12(15)13(16)8-11/h2-9H,1H3. The van der Waals surface area contributed by atoms with Crippen molar-refractivity contribution in [3.8, 4) is 0 Å². The fraction of sp³-hybridized carbons (Fsp3) is 0.0714. The Bertz CT molecular complexity index is 562. The van der Waals surface area contributed by atoms with Gasteiger partial charge in [-0.05, 0) is 36.2 Å². The second-order valence-electron chi connectivity index (χ2n) is 3.72. The summed E-state index contributed by atoms with van der Waals surface area (Å²) in [6.45, 7) is 2.03. The Morgan fingerprint density at radius 3 is 2.47 bits per heavy atom. The van der Waals surface area contributed by atoms with Crippen molar-refractivity contribution in [2.75, 3.05) is 0 Å². The summed E-state index contributed by atoms with van der Waals surface area (Å²) in [5, 5.41) is 1.10. The molecule has 0 spiro atoms. The Balaban J connectivity index is 2.26. The number of benzene rings is 2. The minimum absolute atomic E-state index is 0.542. The average molecular weight is 264 g/mol. The lowest BCUT2D eigenvalue weighted by Crippen LogP contribution is -1.81. The van der Waals surface area contributed by atoms with Crippen LogP contribution in [0.2, 0.25) is 10.0 Å². The topological polar surface area (TPSA) is 12.4 Å². The van der Waals surface area contributed by atoms with Crippen LogP contribution in [0, 0.1) is 6.92 Å². The van der Waals surface area contributed by atoms with Crippen LogP contribution in [0.15, 0.2) is 47.5 Å². The third kappa shape index (κ3) is 3.09. The summed E-state index contributed by atoms with van der Waals surface area (Å²) in [5.41, 5.74) is 3.03. The number of hydrogen-bond donors (Lipinski definition) is 0. The first kappa shape index (κ1) is 12.2. The molecule has 86 valence electrons. The molecule has 0 aliphatic heterocycles. The van der Waals surface area contributed by atoms with Crippen molar-refractivity contribution in [3.63, 3.8) is 0 Å². The smallest absolute Gasteiger partial charge is 0.0659 e. The van der Waals surface area contributed by atoms with Crippen molar-refractivity contribution in [3.05, 3.63) is 63.6 Å². The highest BCUT2D eigenvalue weighted by atomic mass is 35.5. The molecule has 3 heteroatoms. The first-order valence-electron chi connectivity index (χ1n) is 5.21. The highest BCUT2D eigenvalue weighted by Crippen LogP contribution is 2.22. The summed E-state index contributed by atoms with van der Waals surface area (Å²) >= 11 is 11.8. The van der Waals surface area contributed by atoms with Gasteiger partial charge < -0.3 is 0 Å². The average Bonchev–Trinajstić information content (AvgIpc) is 2.32. The van der Waals surface area contributed by atoms with E-state index in [1.54, 1.807) is 18.3 Å². The van der Waals surface area contributed by atoms with Gasteiger partial charge in [-0.1, -0.05) is 47.5 Å². The van der Waals surface area contributed by atoms with Crippen LogP contribution in [-0.4, -0.2) is 6.21 Å². The summed E-state index contributed by atoms with van der Waals surface area (Å²) in [6, 6.07) is 13.4. The second-order valence-corrected chi connectivity index (χ2v) is 4.53. The second kappa shape index (κ2) is 5.35. The summed E-state index contributed by atoms with van der Waals surface area (Å²) in [4.78, 5) is 4.42. The summed E-state index contributed by atoms with van der Waals surface area (Å²) < 4.78 is 0. The van der Waals surface area contributed by atoms with Crippen LogP contribution in [0.5, 0.6) is 0 Å². The van der Waals surface area contributed by atoms with Gasteiger partial charge in [-0.25, -0.2) is 0 Å². The fourth-order valence-corrected chi connectivity index (χ4v) is 1.75. The highest BCUT2D eigenvalue weighted by Gasteiger charge is 1.97. The van der Waals surface area contributed by atoms with Gasteiger partial charge in [0.1, 0.15) is 0 Å². The molecular weight excluding hydrogens is 253 g/mol. The van der Waals surface area contributed by atoms with E-state index in [2.05, 4.69) is 4.99 Å². The van der Waals surface area contributed by atoms with Crippen molar-refractivity contribution >= 4 is 35.1 Å². The van der Waals surface area contributed by atoms with Gasteiger partial charge in [-0.3, -0.25) is 4.99 Å². The molecule has 0 atom stereocenters. The molecule has 0 saturated heterocycles. The van der Waals surface area contributed by atoms with Crippen LogP contribution in [-0.2, 0) is 0 Å². The minimum atomic E-state index is 0.542. The quantitative estimate of drug-likeness (QED) is 0.673. The van der Waals surface area contributed by atoms with E-state index in [9.17, 15) is 0 Å². The molecule has 0 N–H and O–H groups in total. The lowest BCUT2D eigenvalue weighted by Gasteiger charge is -1.99. The Morgan fingerprint density at radius 2 is 1.76 bits per heavy atom. The van der Waals surface area contributed by atoms with E-state index in [4.69, 9.17) is 23.2 Å². The molecule has 1 nitrogen and oxygen atoms in total. The Labute approximate surface area is 111 Å². The van der Waals surface area contributed by atoms with Crippen LogP contribution in [0.25, 0.3) is 0 Å². The zero-order valence-corrected chi connectivity index (χ0v) is 10.8. The molecule has 2 aromatic carbocycles. The number of aliphatic imine (C=N–C) groups is 1. The van der Waals surface area contributed by atoms with Gasteiger partial charge in [0.15, 0.2) is 0 Å². The van der Waals surface area contributed by atoms with Gasteiger partial charge in [-0.15, -0.1) is 0 Å². The maximum Gasteiger partial charge on any atom is 0.0659 e. The van der Waals surface area contributed by atoms with Crippen molar-refractivity contribution in [2.45, 2.75) is 6.92 Å². The lowest BCUT2D eigenvalue weighted by atomic mass is 10.2. The number of halogens is 2. The van der Waals surface area contributed by atoms with Crippen molar-refractivity contribution in [1.82, 2.24) is 0 Å². The maximum atomic E-state index is 5.93. The first-order valence-corrected chi connectivity index (χ1v) is 5.97. The molecule has 0 amide bonds. The van der Waals surface area contributed by atoms with Crippen LogP contribution >= 0.6 is 23.2 Å². The number of rotatable bonds is 2. The van der Waals surface area contributed by atoms with E-state index < -0.39 is 0 Å². The van der Waals surface area contributed by atoms with Crippen LogP contribution in [0.1, 0.15) is 11.1 Å². The van der Waals surface area contributed by atoms with Gasteiger partial charge in [0.2, 0.25) is 0 Å². The number of nitrogens with zero attached hydrogens (tertiary/aromatic N) is 1. The number of aryl methyl sites for hydroxylation is 1. The number of para-hydroxylation sites is 1. The van der Waals surface area contributed by atoms with Gasteiger partial charge >= 0.3 is 0 Å². The normalized spacial score (nSPS) is 11.0. The van der Waals surface area contributed by atoms with E-state index in [1.807, 2.05) is 37.3 Å². The fourth-order valence-electron chi connectivity index (χ4n) is 1.45. The maximum absolute atomic E-state index is 5.93. The lowest BCUT2D eigenvalue weighted by molar-refractivity contribution is 1.40. The molecule has 0 heterocycles. The molecule has 2 aromatic rings. The van der Waals surface area contributed by atoms with E-state index >= 15 is 0 Å². The Morgan fingerprint density at radius 1 is 1.00 bits per heavy atom. The Kier molecular flexibility index (Phi) is 3.82. The van der Waals surface area contributed by atoms with E-state index in [1.165, 1.54) is 0 Å². The highest BCUT2D eigenvalue weighted by molar-refractivity contribution is 6.42. The van der Waals surface area contributed by atoms with Crippen molar-refractivity contribution < 1.29 is 0 Å². The van der Waals surface area contributed by atoms with Crippen molar-refractivity contribution in [2.24, 2.45) is 4.99 Å². The van der Waals surface area contributed by atoms with Gasteiger partial charge in [0, 0.05) is 6.21 Å². The van der Waals surface area contributed by atoms with Gasteiger partial charge in [0.05, 0.1) is 15.7 Å². The van der Waals surface area contributed by atoms with Crippen LogP contribution in [0.4, 0.5) is 5.69 Å². The molecule has 0 unspecified atom stereocenters. The Hall–Kier alpha value is -1.31. The summed E-state index contributed by atoms with van der Waals surface area (Å²) in [7, 11) is 0. The zero-order chi connectivity index (χ0) is 12.3. The van der Waals surface area contributed by atoms with Crippen LogP contribution < -0.4 is 0 Å². The molecule has 0 aromatic heterocycles. The third-order valence-electron chi connectivity index (χ3n) is 2.41. The number of hydrogen-bond acceptors (Lipinski definition) is 1. The molecule has 0 saturated carbocycles. The molecule has 0 aliphatic rings. The largest absolute Gasteiger partial charge is 0.256 e.